The quantitative estimate of drug-likeness (QED) is 0.858. The monoisotopic (exact) mass is 263 g/mol. The van der Waals surface area contributed by atoms with Crippen molar-refractivity contribution in [1.82, 2.24) is 5.32 Å². The Balaban J connectivity index is 2.66. The summed E-state index contributed by atoms with van der Waals surface area (Å²) < 4.78 is 0. The van der Waals surface area contributed by atoms with Gasteiger partial charge in [-0.15, -0.1) is 0 Å². The summed E-state index contributed by atoms with van der Waals surface area (Å²) in [5.41, 5.74) is 2.17. The van der Waals surface area contributed by atoms with E-state index in [1.165, 1.54) is 0 Å². The predicted octanol–water partition coefficient (Wildman–Crippen LogP) is 2.53. The molecule has 0 aromatic heterocycles. The fourth-order valence-corrected chi connectivity index (χ4v) is 1.72. The Morgan fingerprint density at radius 2 is 1.58 bits per heavy atom. The van der Waals surface area contributed by atoms with Crippen LogP contribution < -0.4 is 5.32 Å². The molecular formula is C15H21NO3. The highest BCUT2D eigenvalue weighted by atomic mass is 16.4. The van der Waals surface area contributed by atoms with Gasteiger partial charge in [0.2, 0.25) is 5.91 Å². The number of hydrogen-bond acceptors (Lipinski definition) is 2. The minimum atomic E-state index is -0.953. The van der Waals surface area contributed by atoms with Crippen molar-refractivity contribution in [1.29, 1.82) is 0 Å². The first-order valence-corrected chi connectivity index (χ1v) is 6.42. The second-order valence-corrected chi connectivity index (χ2v) is 5.06. The number of aliphatic carboxylic acids is 1. The van der Waals surface area contributed by atoms with Crippen LogP contribution in [0.1, 0.15) is 37.9 Å². The van der Waals surface area contributed by atoms with Crippen LogP contribution in [0.2, 0.25) is 0 Å². The van der Waals surface area contributed by atoms with Gasteiger partial charge in [-0.2, -0.15) is 0 Å². The maximum absolute atomic E-state index is 12.0. The Morgan fingerprint density at radius 3 is 2.05 bits per heavy atom. The van der Waals surface area contributed by atoms with E-state index >= 15 is 0 Å². The molecule has 0 saturated carbocycles. The van der Waals surface area contributed by atoms with Crippen molar-refractivity contribution in [3.8, 4) is 0 Å². The molecule has 0 aliphatic rings. The average Bonchev–Trinajstić information content (AvgIpc) is 2.37. The van der Waals surface area contributed by atoms with Crippen LogP contribution in [0.5, 0.6) is 0 Å². The van der Waals surface area contributed by atoms with Crippen molar-refractivity contribution in [2.24, 2.45) is 11.8 Å². The highest BCUT2D eigenvalue weighted by Crippen LogP contribution is 2.16. The zero-order valence-electron chi connectivity index (χ0n) is 11.8. The lowest BCUT2D eigenvalue weighted by Gasteiger charge is -2.20. The maximum Gasteiger partial charge on any atom is 0.307 e. The smallest absolute Gasteiger partial charge is 0.307 e. The largest absolute Gasteiger partial charge is 0.481 e. The Labute approximate surface area is 113 Å². The van der Waals surface area contributed by atoms with E-state index in [9.17, 15) is 9.59 Å². The van der Waals surface area contributed by atoms with E-state index in [1.54, 1.807) is 13.8 Å². The first kappa shape index (κ1) is 15.2. The molecule has 3 unspecified atom stereocenters. The van der Waals surface area contributed by atoms with E-state index in [2.05, 4.69) is 5.32 Å². The summed E-state index contributed by atoms with van der Waals surface area (Å²) >= 11 is 0. The van der Waals surface area contributed by atoms with Gasteiger partial charge in [0.15, 0.2) is 0 Å². The molecule has 4 nitrogen and oxygen atoms in total. The van der Waals surface area contributed by atoms with Gasteiger partial charge < -0.3 is 10.4 Å². The maximum atomic E-state index is 12.0. The molecular weight excluding hydrogens is 242 g/mol. The van der Waals surface area contributed by atoms with Crippen molar-refractivity contribution >= 4 is 11.9 Å². The Morgan fingerprint density at radius 1 is 1.05 bits per heavy atom. The van der Waals surface area contributed by atoms with Gasteiger partial charge in [-0.05, 0) is 19.4 Å². The number of hydrogen-bond donors (Lipinski definition) is 2. The molecule has 0 aliphatic carbocycles. The van der Waals surface area contributed by atoms with Crippen LogP contribution >= 0.6 is 0 Å². The lowest BCUT2D eigenvalue weighted by molar-refractivity contribution is -0.146. The molecule has 0 heterocycles. The summed E-state index contributed by atoms with van der Waals surface area (Å²) in [7, 11) is 0. The van der Waals surface area contributed by atoms with Crippen LogP contribution in [0, 0.1) is 18.8 Å². The van der Waals surface area contributed by atoms with Crippen molar-refractivity contribution in [3.63, 3.8) is 0 Å². The van der Waals surface area contributed by atoms with Crippen molar-refractivity contribution < 1.29 is 14.7 Å². The van der Waals surface area contributed by atoms with E-state index < -0.39 is 17.8 Å². The third-order valence-electron chi connectivity index (χ3n) is 3.49. The van der Waals surface area contributed by atoms with Gasteiger partial charge in [-0.1, -0.05) is 43.7 Å². The first-order chi connectivity index (χ1) is 8.82. The highest BCUT2D eigenvalue weighted by molar-refractivity contribution is 5.84. The summed E-state index contributed by atoms with van der Waals surface area (Å²) in [5, 5.41) is 11.8. The van der Waals surface area contributed by atoms with E-state index in [1.807, 2.05) is 38.1 Å². The Bertz CT molecular complexity index is 453. The van der Waals surface area contributed by atoms with E-state index in [0.717, 1.165) is 11.1 Å². The number of carboxylic acids is 1. The molecule has 0 aliphatic heterocycles. The van der Waals surface area contributed by atoms with Crippen molar-refractivity contribution in [2.75, 3.05) is 0 Å². The molecule has 3 atom stereocenters. The SMILES string of the molecule is Cc1ccc(C(C)NC(=O)C(C)C(C)C(=O)O)cc1. The minimum absolute atomic E-state index is 0.128. The van der Waals surface area contributed by atoms with Gasteiger partial charge in [0.1, 0.15) is 0 Å². The number of carbonyl (C=O) groups is 2. The Hall–Kier alpha value is -1.84. The van der Waals surface area contributed by atoms with Gasteiger partial charge in [0.25, 0.3) is 0 Å². The summed E-state index contributed by atoms with van der Waals surface area (Å²) in [6.07, 6.45) is 0. The highest BCUT2D eigenvalue weighted by Gasteiger charge is 2.26. The molecule has 1 aromatic carbocycles. The van der Waals surface area contributed by atoms with Crippen LogP contribution in [0.25, 0.3) is 0 Å². The molecule has 0 fully saturated rings. The molecule has 2 N–H and O–H groups in total. The fraction of sp³-hybridized carbons (Fsp3) is 0.467. The summed E-state index contributed by atoms with van der Waals surface area (Å²) in [6.45, 7) is 7.07. The average molecular weight is 263 g/mol. The third kappa shape index (κ3) is 4.09. The zero-order chi connectivity index (χ0) is 14.6. The molecule has 0 radical (unpaired) electrons. The molecule has 19 heavy (non-hydrogen) atoms. The second-order valence-electron chi connectivity index (χ2n) is 5.06. The molecule has 104 valence electrons. The Kier molecular flexibility index (Phi) is 5.10. The van der Waals surface area contributed by atoms with Crippen LogP contribution in [-0.4, -0.2) is 17.0 Å². The molecule has 0 bridgehead atoms. The number of carbonyl (C=O) groups excluding carboxylic acids is 1. The van der Waals surface area contributed by atoms with Crippen molar-refractivity contribution in [3.05, 3.63) is 35.4 Å². The molecule has 1 aromatic rings. The molecule has 1 amide bonds. The summed E-state index contributed by atoms with van der Waals surface area (Å²) in [6, 6.07) is 7.77. The van der Waals surface area contributed by atoms with Crippen molar-refractivity contribution in [2.45, 2.75) is 33.7 Å². The number of benzene rings is 1. The number of amides is 1. The minimum Gasteiger partial charge on any atom is -0.481 e. The van der Waals surface area contributed by atoms with Gasteiger partial charge >= 0.3 is 5.97 Å². The lowest BCUT2D eigenvalue weighted by Crippen LogP contribution is -2.36. The van der Waals surface area contributed by atoms with Gasteiger partial charge in [0, 0.05) is 5.92 Å². The van der Waals surface area contributed by atoms with Gasteiger partial charge in [-0.25, -0.2) is 0 Å². The standard InChI is InChI=1S/C15H21NO3/c1-9-5-7-13(8-6-9)12(4)16-14(17)10(2)11(3)15(18)19/h5-8,10-12H,1-4H3,(H,16,17)(H,18,19). The number of nitrogens with one attached hydrogen (secondary N) is 1. The molecule has 0 spiro atoms. The molecule has 4 heteroatoms. The predicted molar refractivity (Wildman–Crippen MR) is 73.7 cm³/mol. The number of rotatable bonds is 5. The molecule has 1 rings (SSSR count). The number of carboxylic acid groups (broad SMARTS) is 1. The fourth-order valence-electron chi connectivity index (χ4n) is 1.72. The van der Waals surface area contributed by atoms with Crippen LogP contribution in [-0.2, 0) is 9.59 Å². The van der Waals surface area contributed by atoms with E-state index in [-0.39, 0.29) is 11.9 Å². The third-order valence-corrected chi connectivity index (χ3v) is 3.49. The second kappa shape index (κ2) is 6.36. The summed E-state index contributed by atoms with van der Waals surface area (Å²) in [4.78, 5) is 22.8. The summed E-state index contributed by atoms with van der Waals surface area (Å²) in [5.74, 6) is -2.43. The lowest BCUT2D eigenvalue weighted by atomic mass is 9.94. The van der Waals surface area contributed by atoms with Crippen LogP contribution in [0.3, 0.4) is 0 Å². The van der Waals surface area contributed by atoms with Gasteiger partial charge in [0.05, 0.1) is 12.0 Å². The topological polar surface area (TPSA) is 66.4 Å². The van der Waals surface area contributed by atoms with Crippen LogP contribution in [0.15, 0.2) is 24.3 Å². The number of aryl methyl sites for hydroxylation is 1. The normalized spacial score (nSPS) is 15.4. The first-order valence-electron chi connectivity index (χ1n) is 6.42. The zero-order valence-corrected chi connectivity index (χ0v) is 11.8. The van der Waals surface area contributed by atoms with E-state index in [0.29, 0.717) is 0 Å². The molecule has 0 saturated heterocycles. The van der Waals surface area contributed by atoms with Gasteiger partial charge in [-0.3, -0.25) is 9.59 Å². The van der Waals surface area contributed by atoms with E-state index in [4.69, 9.17) is 5.11 Å². The van der Waals surface area contributed by atoms with Crippen LogP contribution in [0.4, 0.5) is 0 Å².